The van der Waals surface area contributed by atoms with Gasteiger partial charge in [0.05, 0.1) is 39.9 Å². The first-order chi connectivity index (χ1) is 22.0. The lowest BCUT2D eigenvalue weighted by Crippen LogP contribution is -2.45. The second-order valence-electron chi connectivity index (χ2n) is 13.9. The molecule has 0 aromatic heterocycles. The fourth-order valence-corrected chi connectivity index (χ4v) is 5.82. The maximum absolute atomic E-state index is 12.7. The largest absolute Gasteiger partial charge is 0.756 e. The quantitative estimate of drug-likeness (QED) is 0.0312. The van der Waals surface area contributed by atoms with E-state index in [0.29, 0.717) is 23.9 Å². The van der Waals surface area contributed by atoms with Crippen molar-refractivity contribution < 1.29 is 32.9 Å². The fourth-order valence-electron chi connectivity index (χ4n) is 5.09. The maximum Gasteiger partial charge on any atom is 0.268 e. The van der Waals surface area contributed by atoms with Crippen molar-refractivity contribution in [3.8, 4) is 0 Å². The van der Waals surface area contributed by atoms with Crippen LogP contribution in [0.15, 0.2) is 24.3 Å². The van der Waals surface area contributed by atoms with E-state index in [1.807, 2.05) is 27.2 Å². The number of amides is 1. The van der Waals surface area contributed by atoms with Crippen molar-refractivity contribution in [2.45, 2.75) is 167 Å². The summed E-state index contributed by atoms with van der Waals surface area (Å²) in [6.45, 7) is 4.56. The van der Waals surface area contributed by atoms with Crippen LogP contribution in [-0.2, 0) is 18.4 Å². The Morgan fingerprint density at radius 3 is 1.72 bits per heavy atom. The van der Waals surface area contributed by atoms with Crippen molar-refractivity contribution in [2.24, 2.45) is 0 Å². The molecule has 46 heavy (non-hydrogen) atoms. The van der Waals surface area contributed by atoms with Gasteiger partial charge in [-0.05, 0) is 38.5 Å². The van der Waals surface area contributed by atoms with E-state index in [-0.39, 0.29) is 12.5 Å². The zero-order chi connectivity index (χ0) is 34.4. The van der Waals surface area contributed by atoms with Crippen molar-refractivity contribution in [3.63, 3.8) is 0 Å². The summed E-state index contributed by atoms with van der Waals surface area (Å²) in [5.74, 6) is -0.236. The Kier molecular flexibility index (Phi) is 29.4. The third kappa shape index (κ3) is 31.6. The Bertz CT molecular complexity index is 814. The minimum Gasteiger partial charge on any atom is -0.756 e. The third-order valence-electron chi connectivity index (χ3n) is 8.16. The Labute approximate surface area is 284 Å². The summed E-state index contributed by atoms with van der Waals surface area (Å²) < 4.78 is 23.0. The van der Waals surface area contributed by atoms with Crippen LogP contribution in [0.3, 0.4) is 0 Å². The van der Waals surface area contributed by atoms with E-state index in [1.165, 1.54) is 96.3 Å². The number of quaternary nitrogens is 1. The molecular formula is C37H73N2O6P. The van der Waals surface area contributed by atoms with E-state index in [4.69, 9.17) is 9.05 Å². The first kappa shape index (κ1) is 45.0. The SMILES string of the molecule is CCCCCC/C=C\CCCC(=O)NC(COP(=O)([O-])OCC[N+](C)(C)C)C(O)/C=C/CCCCCCCCCCCCCCC. The Hall–Kier alpha value is -1.02. The van der Waals surface area contributed by atoms with E-state index in [2.05, 4.69) is 31.3 Å². The number of nitrogens with zero attached hydrogens (tertiary/aromatic N) is 1. The number of carbonyl (C=O) groups is 1. The summed E-state index contributed by atoms with van der Waals surface area (Å²) in [6, 6.07) is -0.895. The second-order valence-corrected chi connectivity index (χ2v) is 15.3. The second kappa shape index (κ2) is 30.1. The van der Waals surface area contributed by atoms with Gasteiger partial charge < -0.3 is 28.8 Å². The molecule has 272 valence electrons. The van der Waals surface area contributed by atoms with E-state index in [9.17, 15) is 19.4 Å². The molecule has 0 aromatic rings. The molecule has 0 radical (unpaired) electrons. The Balaban J connectivity index is 4.56. The van der Waals surface area contributed by atoms with E-state index >= 15 is 0 Å². The minimum atomic E-state index is -4.58. The lowest BCUT2D eigenvalue weighted by molar-refractivity contribution is -0.870. The molecule has 8 nitrogen and oxygen atoms in total. The van der Waals surface area contributed by atoms with Gasteiger partial charge in [-0.1, -0.05) is 134 Å². The van der Waals surface area contributed by atoms with Crippen molar-refractivity contribution in [1.82, 2.24) is 5.32 Å². The van der Waals surface area contributed by atoms with E-state index in [0.717, 1.165) is 32.1 Å². The number of hydrogen-bond acceptors (Lipinski definition) is 6. The molecule has 0 saturated carbocycles. The number of carbonyl (C=O) groups excluding carboxylic acids is 1. The lowest BCUT2D eigenvalue weighted by atomic mass is 10.0. The van der Waals surface area contributed by atoms with Crippen LogP contribution >= 0.6 is 7.82 Å². The van der Waals surface area contributed by atoms with Crippen molar-refractivity contribution >= 4 is 13.7 Å². The third-order valence-corrected chi connectivity index (χ3v) is 9.12. The lowest BCUT2D eigenvalue weighted by Gasteiger charge is -2.29. The molecule has 0 saturated heterocycles. The van der Waals surface area contributed by atoms with Crippen LogP contribution in [0.2, 0.25) is 0 Å². The number of aliphatic hydroxyl groups excluding tert-OH is 1. The average Bonchev–Trinajstić information content (AvgIpc) is 2.99. The van der Waals surface area contributed by atoms with Crippen molar-refractivity contribution in [1.29, 1.82) is 0 Å². The topological polar surface area (TPSA) is 108 Å². The zero-order valence-corrected chi connectivity index (χ0v) is 31.4. The van der Waals surface area contributed by atoms with Gasteiger partial charge in [-0.25, -0.2) is 0 Å². The monoisotopic (exact) mass is 673 g/mol. The number of phosphoric acid groups is 1. The highest BCUT2D eigenvalue weighted by Crippen LogP contribution is 2.38. The van der Waals surface area contributed by atoms with Crippen LogP contribution in [0.1, 0.15) is 155 Å². The van der Waals surface area contributed by atoms with Crippen LogP contribution in [0, 0.1) is 0 Å². The van der Waals surface area contributed by atoms with Crippen LogP contribution in [0.25, 0.3) is 0 Å². The molecule has 3 unspecified atom stereocenters. The molecule has 3 atom stereocenters. The average molecular weight is 673 g/mol. The summed E-state index contributed by atoms with van der Waals surface area (Å²) in [7, 11) is 1.24. The highest BCUT2D eigenvalue weighted by atomic mass is 31.2. The van der Waals surface area contributed by atoms with Gasteiger partial charge in [0, 0.05) is 6.42 Å². The molecule has 1 amide bonds. The Morgan fingerprint density at radius 1 is 0.739 bits per heavy atom. The van der Waals surface area contributed by atoms with Crippen LogP contribution in [0.5, 0.6) is 0 Å². The number of rotatable bonds is 33. The van der Waals surface area contributed by atoms with Gasteiger partial charge in [-0.15, -0.1) is 0 Å². The molecule has 0 aromatic carbocycles. The van der Waals surface area contributed by atoms with E-state index < -0.39 is 26.6 Å². The molecule has 0 bridgehead atoms. The Morgan fingerprint density at radius 2 is 1.20 bits per heavy atom. The first-order valence-corrected chi connectivity index (χ1v) is 20.2. The summed E-state index contributed by atoms with van der Waals surface area (Å²) >= 11 is 0. The predicted molar refractivity (Wildman–Crippen MR) is 192 cm³/mol. The minimum absolute atomic E-state index is 0.00495. The molecule has 0 rings (SSSR count). The van der Waals surface area contributed by atoms with Gasteiger partial charge in [0.25, 0.3) is 7.82 Å². The van der Waals surface area contributed by atoms with Gasteiger partial charge >= 0.3 is 0 Å². The number of nitrogens with one attached hydrogen (secondary N) is 1. The number of aliphatic hydroxyl groups is 1. The fraction of sp³-hybridized carbons (Fsp3) is 0.865. The summed E-state index contributed by atoms with van der Waals surface area (Å²) in [5, 5.41) is 13.6. The molecule has 0 spiro atoms. The molecule has 0 aliphatic heterocycles. The molecule has 0 heterocycles. The van der Waals surface area contributed by atoms with Gasteiger partial charge in [0.1, 0.15) is 13.2 Å². The van der Waals surface area contributed by atoms with E-state index in [1.54, 1.807) is 6.08 Å². The van der Waals surface area contributed by atoms with Crippen LogP contribution in [0.4, 0.5) is 0 Å². The molecule has 9 heteroatoms. The number of unbranched alkanes of at least 4 members (excludes halogenated alkanes) is 18. The molecule has 0 aliphatic carbocycles. The molecule has 0 fully saturated rings. The van der Waals surface area contributed by atoms with Crippen molar-refractivity contribution in [3.05, 3.63) is 24.3 Å². The number of hydrogen-bond donors (Lipinski definition) is 2. The number of phosphoric ester groups is 1. The van der Waals surface area contributed by atoms with Crippen molar-refractivity contribution in [2.75, 3.05) is 40.9 Å². The summed E-state index contributed by atoms with van der Waals surface area (Å²) in [6.07, 6.45) is 32.3. The molecule has 0 aliphatic rings. The number of allylic oxidation sites excluding steroid dienone is 3. The summed E-state index contributed by atoms with van der Waals surface area (Å²) in [5.41, 5.74) is 0. The maximum atomic E-state index is 12.7. The first-order valence-electron chi connectivity index (χ1n) is 18.7. The summed E-state index contributed by atoms with van der Waals surface area (Å²) in [4.78, 5) is 25.0. The predicted octanol–water partition coefficient (Wildman–Crippen LogP) is 8.77. The van der Waals surface area contributed by atoms with Crippen LogP contribution in [-0.4, -0.2) is 68.5 Å². The smallest absolute Gasteiger partial charge is 0.268 e. The van der Waals surface area contributed by atoms with Gasteiger partial charge in [-0.3, -0.25) is 9.36 Å². The number of likely N-dealkylation sites (N-methyl/N-ethyl adjacent to an activating group) is 1. The highest BCUT2D eigenvalue weighted by molar-refractivity contribution is 7.45. The van der Waals surface area contributed by atoms with Gasteiger partial charge in [0.15, 0.2) is 0 Å². The highest BCUT2D eigenvalue weighted by Gasteiger charge is 2.23. The zero-order valence-electron chi connectivity index (χ0n) is 30.5. The molecule has 2 N–H and O–H groups in total. The van der Waals surface area contributed by atoms with Crippen LogP contribution < -0.4 is 10.2 Å². The van der Waals surface area contributed by atoms with Gasteiger partial charge in [-0.2, -0.15) is 0 Å². The normalized spacial score (nSPS) is 15.0. The standard InChI is InChI=1S/C37H73N2O6P/c1-6-8-10-12-14-16-17-18-19-20-21-23-24-26-28-30-36(40)35(34-45-46(42,43)44-33-32-39(3,4)5)38-37(41)31-29-27-25-22-15-13-11-9-7-2/h22,25,28,30,35-36,40H,6-21,23-24,26-27,29,31-34H2,1-5H3,(H-,38,41,42,43)/b25-22-,30-28+. The van der Waals surface area contributed by atoms with Gasteiger partial charge in [0.2, 0.25) is 5.91 Å². The molecular weight excluding hydrogens is 599 g/mol.